The third-order valence-electron chi connectivity index (χ3n) is 5.19. The number of ether oxygens (including phenoxy) is 1. The van der Waals surface area contributed by atoms with E-state index in [1.54, 1.807) is 18.2 Å². The highest BCUT2D eigenvalue weighted by Gasteiger charge is 2.23. The summed E-state index contributed by atoms with van der Waals surface area (Å²) in [6.45, 7) is 2.27. The Morgan fingerprint density at radius 2 is 1.93 bits per heavy atom. The van der Waals surface area contributed by atoms with Gasteiger partial charge in [0.1, 0.15) is 17.6 Å². The van der Waals surface area contributed by atoms with E-state index in [1.165, 1.54) is 55.1 Å². The van der Waals surface area contributed by atoms with Crippen LogP contribution in [0.25, 0.3) is 0 Å². The summed E-state index contributed by atoms with van der Waals surface area (Å²) in [4.78, 5) is 12.3. The van der Waals surface area contributed by atoms with E-state index in [-0.39, 0.29) is 20.1 Å². The van der Waals surface area contributed by atoms with Crippen LogP contribution >= 0.6 is 0 Å². The maximum absolute atomic E-state index is 13.6. The summed E-state index contributed by atoms with van der Waals surface area (Å²) in [6.07, 6.45) is 3.81. The number of nitriles is 1. The summed E-state index contributed by atoms with van der Waals surface area (Å²) in [6, 6.07) is 17.3. The van der Waals surface area contributed by atoms with Gasteiger partial charge in [-0.2, -0.15) is 5.26 Å². The van der Waals surface area contributed by atoms with Crippen molar-refractivity contribution in [3.05, 3.63) is 65.0 Å². The molecule has 1 heterocycles. The van der Waals surface area contributed by atoms with Crippen LogP contribution in [0.4, 0.5) is 4.39 Å². The van der Waals surface area contributed by atoms with E-state index < -0.39 is 11.8 Å². The van der Waals surface area contributed by atoms with Crippen molar-refractivity contribution in [2.24, 2.45) is 0 Å². The highest BCUT2D eigenvalue weighted by molar-refractivity contribution is 6.59. The van der Waals surface area contributed by atoms with Gasteiger partial charge in [-0.3, -0.25) is 0 Å². The van der Waals surface area contributed by atoms with Crippen molar-refractivity contribution in [3.8, 4) is 11.8 Å². The Hall–Kier alpha value is -2.45. The molecule has 2 aromatic rings. The molecule has 1 aliphatic rings. The Kier molecular flexibility index (Phi) is 6.41. The number of halogens is 1. The molecule has 0 N–H and O–H groups in total. The predicted molar refractivity (Wildman–Crippen MR) is 105 cm³/mol. The molecule has 3 nitrogen and oxygen atoms in total. The van der Waals surface area contributed by atoms with Gasteiger partial charge in [0.15, 0.2) is 0 Å². The fourth-order valence-corrected chi connectivity index (χ4v) is 6.64. The normalized spacial score (nSPS) is 15.3. The number of rotatable bonds is 5. The number of carbonyl (C=O) groups is 1. The second kappa shape index (κ2) is 8.96. The average Bonchev–Trinajstić information content (AvgIpc) is 2.69. The summed E-state index contributed by atoms with van der Waals surface area (Å²) in [5, 5.41) is 8.75. The molecule has 0 bridgehead atoms. The second-order valence-corrected chi connectivity index (χ2v) is 10.0. The molecule has 0 unspecified atom stereocenters. The maximum Gasteiger partial charge on any atom is 0.343 e. The topological polar surface area (TPSA) is 50.1 Å². The molecular weight excluding hydrogens is 357 g/mol. The Bertz CT molecular complexity index is 836. The summed E-state index contributed by atoms with van der Waals surface area (Å²) < 4.78 is 18.8. The lowest BCUT2D eigenvalue weighted by Gasteiger charge is -2.27. The summed E-state index contributed by atoms with van der Waals surface area (Å²) in [7, 11) is -0.127. The van der Waals surface area contributed by atoms with Crippen LogP contribution in [0.5, 0.6) is 5.75 Å². The average molecular weight is 381 g/mol. The molecule has 0 saturated carbocycles. The van der Waals surface area contributed by atoms with Gasteiger partial charge in [-0.25, -0.2) is 9.18 Å². The maximum atomic E-state index is 13.6. The standard InChI is InChI=1S/C22H23FNO2Si/c1-2-11-27-12-9-17(10-13-27)16-3-5-18(6-4-16)22(25)26-20-8-7-19(15-24)21(23)14-20/h3-8,14,17H,2,9-13H2,1H3. The SMILES string of the molecule is CCC[Si]1CCC(c2ccc(C(=O)Oc3ccc(C#N)c(F)c3)cc2)CC1. The molecule has 0 aliphatic carbocycles. The quantitative estimate of drug-likeness (QED) is 0.380. The van der Waals surface area contributed by atoms with Crippen LogP contribution in [0.1, 0.15) is 53.6 Å². The zero-order chi connectivity index (χ0) is 19.2. The van der Waals surface area contributed by atoms with Crippen LogP contribution in [0, 0.1) is 17.1 Å². The van der Waals surface area contributed by atoms with E-state index >= 15 is 0 Å². The Morgan fingerprint density at radius 1 is 1.22 bits per heavy atom. The van der Waals surface area contributed by atoms with Crippen LogP contribution < -0.4 is 4.74 Å². The van der Waals surface area contributed by atoms with E-state index in [9.17, 15) is 9.18 Å². The Balaban J connectivity index is 1.61. The molecule has 0 amide bonds. The molecule has 139 valence electrons. The molecule has 1 fully saturated rings. The van der Waals surface area contributed by atoms with E-state index in [2.05, 4.69) is 6.92 Å². The fourth-order valence-electron chi connectivity index (χ4n) is 3.67. The first kappa shape index (κ1) is 19.3. The van der Waals surface area contributed by atoms with Crippen molar-refractivity contribution in [2.75, 3.05) is 0 Å². The summed E-state index contributed by atoms with van der Waals surface area (Å²) in [5.41, 5.74) is 1.65. The van der Waals surface area contributed by atoms with Gasteiger partial charge in [0, 0.05) is 14.9 Å². The third-order valence-corrected chi connectivity index (χ3v) is 8.38. The number of hydrogen-bond donors (Lipinski definition) is 0. The minimum atomic E-state index is -0.695. The summed E-state index contributed by atoms with van der Waals surface area (Å²) >= 11 is 0. The minimum Gasteiger partial charge on any atom is -0.423 e. The van der Waals surface area contributed by atoms with Gasteiger partial charge in [-0.1, -0.05) is 43.6 Å². The lowest BCUT2D eigenvalue weighted by atomic mass is 9.93. The zero-order valence-corrected chi connectivity index (χ0v) is 16.5. The Labute approximate surface area is 161 Å². The molecule has 0 spiro atoms. The van der Waals surface area contributed by atoms with E-state index in [0.29, 0.717) is 11.5 Å². The monoisotopic (exact) mass is 380 g/mol. The van der Waals surface area contributed by atoms with Crippen LogP contribution in [-0.2, 0) is 0 Å². The number of benzene rings is 2. The van der Waals surface area contributed by atoms with Gasteiger partial charge in [-0.05, 0) is 48.6 Å². The van der Waals surface area contributed by atoms with Gasteiger partial charge >= 0.3 is 5.97 Å². The Morgan fingerprint density at radius 3 is 2.52 bits per heavy atom. The van der Waals surface area contributed by atoms with Crippen molar-refractivity contribution >= 4 is 14.8 Å². The lowest BCUT2D eigenvalue weighted by molar-refractivity contribution is 0.0734. The van der Waals surface area contributed by atoms with Gasteiger partial charge in [0.25, 0.3) is 0 Å². The first-order chi connectivity index (χ1) is 13.1. The largest absolute Gasteiger partial charge is 0.423 e. The number of esters is 1. The minimum absolute atomic E-state index is 0.0740. The van der Waals surface area contributed by atoms with Crippen molar-refractivity contribution in [3.63, 3.8) is 0 Å². The fraction of sp³-hybridized carbons (Fsp3) is 0.364. The molecular formula is C22H23FNO2Si. The number of hydrogen-bond acceptors (Lipinski definition) is 3. The van der Waals surface area contributed by atoms with E-state index in [1.807, 2.05) is 12.1 Å². The van der Waals surface area contributed by atoms with Crippen molar-refractivity contribution in [1.29, 1.82) is 5.26 Å². The van der Waals surface area contributed by atoms with Crippen LogP contribution in [-0.4, -0.2) is 14.8 Å². The molecule has 27 heavy (non-hydrogen) atoms. The highest BCUT2D eigenvalue weighted by atomic mass is 28.3. The zero-order valence-electron chi connectivity index (χ0n) is 15.5. The molecule has 1 radical (unpaired) electrons. The van der Waals surface area contributed by atoms with Crippen LogP contribution in [0.15, 0.2) is 42.5 Å². The number of carbonyl (C=O) groups excluding carboxylic acids is 1. The van der Waals surface area contributed by atoms with E-state index in [0.717, 1.165) is 6.07 Å². The molecule has 5 heteroatoms. The molecule has 3 rings (SSSR count). The van der Waals surface area contributed by atoms with Crippen LogP contribution in [0.2, 0.25) is 18.1 Å². The van der Waals surface area contributed by atoms with Gasteiger partial charge < -0.3 is 4.74 Å². The van der Waals surface area contributed by atoms with Gasteiger partial charge in [-0.15, -0.1) is 0 Å². The second-order valence-electron chi connectivity index (χ2n) is 7.04. The highest BCUT2D eigenvalue weighted by Crippen LogP contribution is 2.35. The number of nitrogens with zero attached hydrogens (tertiary/aromatic N) is 1. The first-order valence-electron chi connectivity index (χ1n) is 9.46. The van der Waals surface area contributed by atoms with Crippen molar-refractivity contribution in [1.82, 2.24) is 0 Å². The van der Waals surface area contributed by atoms with E-state index in [4.69, 9.17) is 10.00 Å². The molecule has 1 aliphatic heterocycles. The van der Waals surface area contributed by atoms with Crippen molar-refractivity contribution < 1.29 is 13.9 Å². The van der Waals surface area contributed by atoms with Crippen LogP contribution in [0.3, 0.4) is 0 Å². The smallest absolute Gasteiger partial charge is 0.343 e. The van der Waals surface area contributed by atoms with Crippen molar-refractivity contribution in [2.45, 2.75) is 50.2 Å². The first-order valence-corrected chi connectivity index (χ1v) is 11.6. The third kappa shape index (κ3) is 4.84. The molecule has 0 aromatic heterocycles. The predicted octanol–water partition coefficient (Wildman–Crippen LogP) is 5.70. The van der Waals surface area contributed by atoms with Gasteiger partial charge in [0.05, 0.1) is 11.1 Å². The summed E-state index contributed by atoms with van der Waals surface area (Å²) in [5.74, 6) is -0.533. The van der Waals surface area contributed by atoms with Gasteiger partial charge in [0.2, 0.25) is 0 Å². The lowest BCUT2D eigenvalue weighted by Crippen LogP contribution is -2.20. The molecule has 2 aromatic carbocycles. The molecule has 1 saturated heterocycles. The molecule has 0 atom stereocenters.